The Balaban J connectivity index is 4.30. The zero-order valence-corrected chi connectivity index (χ0v) is 48.3. The Bertz CT molecular complexity index is 1090. The van der Waals surface area contributed by atoms with Gasteiger partial charge in [0.15, 0.2) is 6.10 Å². The van der Waals surface area contributed by atoms with Crippen LogP contribution in [0.2, 0.25) is 0 Å². The molecule has 0 saturated carbocycles. The Hall–Kier alpha value is -1.59. The van der Waals surface area contributed by atoms with Gasteiger partial charge in [-0.25, -0.2) is 0 Å². The molecule has 0 saturated heterocycles. The maximum atomic E-state index is 12.9. The summed E-state index contributed by atoms with van der Waals surface area (Å²) in [5.41, 5.74) is 0. The second kappa shape index (κ2) is 55.2. The maximum absolute atomic E-state index is 12.9. The predicted molar refractivity (Wildman–Crippen MR) is 303 cm³/mol. The van der Waals surface area contributed by atoms with Crippen LogP contribution in [-0.4, -0.2) is 37.2 Å². The summed E-state index contributed by atoms with van der Waals surface area (Å²) in [4.78, 5) is 38.3. The van der Waals surface area contributed by atoms with E-state index in [2.05, 4.69) is 41.5 Å². The van der Waals surface area contributed by atoms with Gasteiger partial charge in [0, 0.05) is 19.3 Å². The van der Waals surface area contributed by atoms with E-state index in [1.54, 1.807) is 0 Å². The summed E-state index contributed by atoms with van der Waals surface area (Å²) in [7, 11) is 0. The quantitative estimate of drug-likeness (QED) is 0.0343. The van der Waals surface area contributed by atoms with Gasteiger partial charge in [0.1, 0.15) is 13.2 Å². The molecular weight excluding hydrogens is 865 g/mol. The zero-order valence-electron chi connectivity index (χ0n) is 48.3. The lowest BCUT2D eigenvalue weighted by molar-refractivity contribution is -0.167. The van der Waals surface area contributed by atoms with Crippen LogP contribution >= 0.6 is 0 Å². The van der Waals surface area contributed by atoms with E-state index in [0.29, 0.717) is 19.3 Å². The highest BCUT2D eigenvalue weighted by Gasteiger charge is 2.19. The highest BCUT2D eigenvalue weighted by molar-refractivity contribution is 5.71. The number of carbonyl (C=O) groups is 3. The van der Waals surface area contributed by atoms with Crippen molar-refractivity contribution < 1.29 is 28.6 Å². The van der Waals surface area contributed by atoms with Crippen molar-refractivity contribution in [2.75, 3.05) is 13.2 Å². The summed E-state index contributed by atoms with van der Waals surface area (Å²) < 4.78 is 17.0. The van der Waals surface area contributed by atoms with E-state index < -0.39 is 6.10 Å². The lowest BCUT2D eigenvalue weighted by Crippen LogP contribution is -2.30. The smallest absolute Gasteiger partial charge is 0.306 e. The average molecular weight is 990 g/mol. The van der Waals surface area contributed by atoms with Gasteiger partial charge in [-0.3, -0.25) is 14.4 Å². The summed E-state index contributed by atoms with van der Waals surface area (Å²) in [5, 5.41) is 0. The number of carbonyl (C=O) groups excluding carboxylic acids is 3. The Labute approximate surface area is 438 Å². The van der Waals surface area contributed by atoms with Gasteiger partial charge in [-0.05, 0) is 37.0 Å². The molecule has 0 aliphatic heterocycles. The van der Waals surface area contributed by atoms with Crippen LogP contribution in [0.5, 0.6) is 0 Å². The van der Waals surface area contributed by atoms with Gasteiger partial charge in [-0.1, -0.05) is 318 Å². The van der Waals surface area contributed by atoms with Gasteiger partial charge in [-0.15, -0.1) is 0 Å². The van der Waals surface area contributed by atoms with Gasteiger partial charge in [0.2, 0.25) is 0 Å². The van der Waals surface area contributed by atoms with E-state index in [0.717, 1.165) is 75.5 Å². The molecule has 6 heteroatoms. The van der Waals surface area contributed by atoms with E-state index in [-0.39, 0.29) is 31.1 Å². The van der Waals surface area contributed by atoms with Gasteiger partial charge in [-0.2, -0.15) is 0 Å². The monoisotopic (exact) mass is 989 g/mol. The standard InChI is InChI=1S/C64H124O6/c1-7-60(6)52-46-40-34-28-22-16-11-12-18-24-30-36-42-48-54-63(66)69-57-61(70-64(67)55-49-43-37-31-25-19-13-15-21-27-33-39-45-51-59(4)5)56-68-62(65)53-47-41-35-29-23-17-10-8-9-14-20-26-32-38-44-50-58(2)3/h58-61H,7-57H2,1-6H3/t60?,61-/m0/s1. The van der Waals surface area contributed by atoms with Crippen molar-refractivity contribution in [3.05, 3.63) is 0 Å². The minimum atomic E-state index is -0.764. The third-order valence-corrected chi connectivity index (χ3v) is 15.0. The fraction of sp³-hybridized carbons (Fsp3) is 0.953. The van der Waals surface area contributed by atoms with E-state index >= 15 is 0 Å². The lowest BCUT2D eigenvalue weighted by atomic mass is 9.99. The van der Waals surface area contributed by atoms with Crippen molar-refractivity contribution in [1.82, 2.24) is 0 Å². The summed E-state index contributed by atoms with van der Waals surface area (Å²) in [6.07, 6.45) is 59.5. The largest absolute Gasteiger partial charge is 0.462 e. The molecule has 0 amide bonds. The lowest BCUT2D eigenvalue weighted by Gasteiger charge is -2.18. The first-order chi connectivity index (χ1) is 34.1. The Morgan fingerprint density at radius 3 is 0.743 bits per heavy atom. The van der Waals surface area contributed by atoms with Crippen molar-refractivity contribution in [2.24, 2.45) is 17.8 Å². The first-order valence-electron chi connectivity index (χ1n) is 31.6. The summed E-state index contributed by atoms with van der Waals surface area (Å²) in [6.45, 7) is 13.8. The second-order valence-corrected chi connectivity index (χ2v) is 23.2. The highest BCUT2D eigenvalue weighted by Crippen LogP contribution is 2.19. The third-order valence-electron chi connectivity index (χ3n) is 15.0. The maximum Gasteiger partial charge on any atom is 0.306 e. The number of unbranched alkanes of at least 4 members (excludes halogenated alkanes) is 39. The van der Waals surface area contributed by atoms with Crippen LogP contribution in [0.3, 0.4) is 0 Å². The molecule has 0 radical (unpaired) electrons. The number of rotatable bonds is 57. The Kier molecular flexibility index (Phi) is 53.9. The van der Waals surface area contributed by atoms with E-state index in [1.165, 1.54) is 238 Å². The topological polar surface area (TPSA) is 78.9 Å². The fourth-order valence-corrected chi connectivity index (χ4v) is 9.85. The molecule has 0 heterocycles. The predicted octanol–water partition coefficient (Wildman–Crippen LogP) is 21.1. The van der Waals surface area contributed by atoms with Crippen LogP contribution in [0.4, 0.5) is 0 Å². The van der Waals surface area contributed by atoms with Crippen molar-refractivity contribution in [3.63, 3.8) is 0 Å². The van der Waals surface area contributed by atoms with Crippen LogP contribution in [0, 0.1) is 17.8 Å². The molecule has 0 bridgehead atoms. The van der Waals surface area contributed by atoms with Gasteiger partial charge < -0.3 is 14.2 Å². The Morgan fingerprint density at radius 1 is 0.286 bits per heavy atom. The van der Waals surface area contributed by atoms with Gasteiger partial charge >= 0.3 is 17.9 Å². The number of ether oxygens (including phenoxy) is 3. The molecule has 2 atom stereocenters. The molecule has 0 N–H and O–H groups in total. The first-order valence-corrected chi connectivity index (χ1v) is 31.6. The van der Waals surface area contributed by atoms with Crippen molar-refractivity contribution in [3.8, 4) is 0 Å². The minimum absolute atomic E-state index is 0.0627. The van der Waals surface area contributed by atoms with Crippen molar-refractivity contribution in [1.29, 1.82) is 0 Å². The van der Waals surface area contributed by atoms with Gasteiger partial charge in [0.25, 0.3) is 0 Å². The highest BCUT2D eigenvalue weighted by atomic mass is 16.6. The minimum Gasteiger partial charge on any atom is -0.462 e. The molecular formula is C64H124O6. The molecule has 0 spiro atoms. The van der Waals surface area contributed by atoms with Crippen molar-refractivity contribution >= 4 is 17.9 Å². The van der Waals surface area contributed by atoms with Crippen molar-refractivity contribution in [2.45, 2.75) is 362 Å². The van der Waals surface area contributed by atoms with Gasteiger partial charge in [0.05, 0.1) is 0 Å². The summed E-state index contributed by atoms with van der Waals surface area (Å²) in [5.74, 6) is 1.75. The van der Waals surface area contributed by atoms with E-state index in [9.17, 15) is 14.4 Å². The number of esters is 3. The SMILES string of the molecule is CCC(C)CCCCCCCCCCCCCCCCC(=O)OC[C@H](COC(=O)CCCCCCCCCCCCCCCCCC(C)C)OC(=O)CCCCCCCCCCCCCCCC(C)C. The molecule has 0 fully saturated rings. The van der Waals surface area contributed by atoms with Crippen LogP contribution in [-0.2, 0) is 28.6 Å². The number of hydrogen-bond acceptors (Lipinski definition) is 6. The zero-order chi connectivity index (χ0) is 51.2. The molecule has 0 aromatic heterocycles. The first kappa shape index (κ1) is 68.4. The summed E-state index contributed by atoms with van der Waals surface area (Å²) in [6, 6.07) is 0. The normalized spacial score (nSPS) is 12.5. The molecule has 70 heavy (non-hydrogen) atoms. The Morgan fingerprint density at radius 2 is 0.500 bits per heavy atom. The molecule has 0 aromatic carbocycles. The molecule has 0 aromatic rings. The molecule has 1 unspecified atom stereocenters. The molecule has 0 rings (SSSR count). The van der Waals surface area contributed by atoms with Crippen LogP contribution < -0.4 is 0 Å². The summed E-state index contributed by atoms with van der Waals surface area (Å²) >= 11 is 0. The fourth-order valence-electron chi connectivity index (χ4n) is 9.85. The molecule has 416 valence electrons. The molecule has 0 aliphatic rings. The van der Waals surface area contributed by atoms with Crippen LogP contribution in [0.15, 0.2) is 0 Å². The number of hydrogen-bond donors (Lipinski definition) is 0. The average Bonchev–Trinajstić information content (AvgIpc) is 3.33. The van der Waals surface area contributed by atoms with Crippen LogP contribution in [0.1, 0.15) is 356 Å². The van der Waals surface area contributed by atoms with E-state index in [1.807, 2.05) is 0 Å². The van der Waals surface area contributed by atoms with E-state index in [4.69, 9.17) is 14.2 Å². The van der Waals surface area contributed by atoms with Crippen LogP contribution in [0.25, 0.3) is 0 Å². The third kappa shape index (κ3) is 55.7. The molecule has 6 nitrogen and oxygen atoms in total. The molecule has 0 aliphatic carbocycles. The second-order valence-electron chi connectivity index (χ2n) is 23.2.